The molecule has 0 atom stereocenters. The van der Waals surface area contributed by atoms with Crippen LogP contribution in [0.2, 0.25) is 0 Å². The van der Waals surface area contributed by atoms with Crippen molar-refractivity contribution in [2.75, 3.05) is 27.9 Å². The van der Waals surface area contributed by atoms with E-state index in [1.54, 1.807) is 12.3 Å². The van der Waals surface area contributed by atoms with Crippen molar-refractivity contribution in [3.8, 4) is 5.75 Å². The molecule has 36 heavy (non-hydrogen) atoms. The molecule has 10 heteroatoms. The molecule has 4 aromatic rings. The number of amides is 2. The lowest BCUT2D eigenvalue weighted by Gasteiger charge is -2.18. The van der Waals surface area contributed by atoms with Gasteiger partial charge in [0.25, 0.3) is 0 Å². The van der Waals surface area contributed by atoms with Crippen LogP contribution in [0.5, 0.6) is 5.75 Å². The Morgan fingerprint density at radius 3 is 2.58 bits per heavy atom. The molecule has 2 aromatic heterocycles. The van der Waals surface area contributed by atoms with Gasteiger partial charge in [0.1, 0.15) is 11.6 Å². The van der Waals surface area contributed by atoms with Crippen molar-refractivity contribution < 1.29 is 9.53 Å². The van der Waals surface area contributed by atoms with E-state index >= 15 is 0 Å². The second-order valence-corrected chi connectivity index (χ2v) is 8.93. The zero-order chi connectivity index (χ0) is 24.3. The molecular weight excluding hydrogens is 456 g/mol. The molecular formula is C26H26N8O2. The fourth-order valence-electron chi connectivity index (χ4n) is 4.12. The number of aryl methyl sites for hydroxylation is 1. The fraction of sp³-hybridized carbons (Fsp3) is 0.231. The van der Waals surface area contributed by atoms with Crippen LogP contribution < -0.4 is 26.0 Å². The van der Waals surface area contributed by atoms with Crippen molar-refractivity contribution in [3.05, 3.63) is 72.1 Å². The van der Waals surface area contributed by atoms with Crippen LogP contribution in [0.1, 0.15) is 36.4 Å². The number of rotatable bonds is 7. The quantitative estimate of drug-likeness (QED) is 0.234. The number of nitrogens with zero attached hydrogens (tertiary/aromatic N) is 3. The maximum atomic E-state index is 12.5. The van der Waals surface area contributed by atoms with E-state index in [1.807, 2.05) is 48.5 Å². The Kier molecular flexibility index (Phi) is 5.82. The van der Waals surface area contributed by atoms with Crippen molar-refractivity contribution in [1.82, 2.24) is 20.2 Å². The number of aromatic nitrogens is 4. The van der Waals surface area contributed by atoms with Gasteiger partial charge < -0.3 is 26.0 Å². The third-order valence-corrected chi connectivity index (χ3v) is 6.09. The molecule has 0 radical (unpaired) electrons. The van der Waals surface area contributed by atoms with E-state index in [-0.39, 0.29) is 6.03 Å². The molecule has 1 aliphatic heterocycles. The van der Waals surface area contributed by atoms with Crippen molar-refractivity contribution in [2.24, 2.45) is 0 Å². The number of H-pyrrole nitrogens is 1. The third kappa shape index (κ3) is 5.22. The predicted molar refractivity (Wildman–Crippen MR) is 139 cm³/mol. The van der Waals surface area contributed by atoms with Gasteiger partial charge in [0.05, 0.1) is 6.61 Å². The van der Waals surface area contributed by atoms with Crippen LogP contribution in [0.15, 0.2) is 60.8 Å². The molecule has 0 saturated heterocycles. The summed E-state index contributed by atoms with van der Waals surface area (Å²) >= 11 is 0. The normalized spacial score (nSPS) is 14.3. The number of carbonyl (C=O) groups excluding carboxylic acids is 1. The summed E-state index contributed by atoms with van der Waals surface area (Å²) in [5, 5.41) is 19.5. The largest absolute Gasteiger partial charge is 0.493 e. The molecule has 0 spiro atoms. The van der Waals surface area contributed by atoms with E-state index in [4.69, 9.17) is 4.74 Å². The molecule has 1 fully saturated rings. The van der Waals surface area contributed by atoms with E-state index in [9.17, 15) is 4.79 Å². The second-order valence-electron chi connectivity index (χ2n) is 8.93. The number of benzene rings is 2. The standard InChI is InChI=1S/C26H26N8O2/c35-26(30-20-9-10-22-17(14-20)2-1-13-36-22)29-19-7-5-18(6-8-19)28-25-27-12-11-23(32-25)31-24-15-21(33-34-24)16-3-4-16/h5-12,14-16H,1-4,13H2,(H2,29,30,35)(H3,27,28,31,32,33,34). The van der Waals surface area contributed by atoms with Gasteiger partial charge in [-0.2, -0.15) is 10.1 Å². The van der Waals surface area contributed by atoms with Crippen LogP contribution >= 0.6 is 0 Å². The summed E-state index contributed by atoms with van der Waals surface area (Å²) in [5.41, 5.74) is 4.47. The number of fused-ring (bicyclic) bond motifs is 1. The van der Waals surface area contributed by atoms with Gasteiger partial charge in [-0.05, 0) is 79.8 Å². The highest BCUT2D eigenvalue weighted by Crippen LogP contribution is 2.39. The van der Waals surface area contributed by atoms with E-state index in [1.165, 1.54) is 12.8 Å². The van der Waals surface area contributed by atoms with Gasteiger partial charge in [-0.3, -0.25) is 5.10 Å². The Bertz CT molecular complexity index is 1380. The molecule has 2 aliphatic rings. The summed E-state index contributed by atoms with van der Waals surface area (Å²) < 4.78 is 5.63. The van der Waals surface area contributed by atoms with E-state index in [0.29, 0.717) is 23.4 Å². The van der Waals surface area contributed by atoms with Crippen LogP contribution in [-0.4, -0.2) is 32.8 Å². The first-order valence-electron chi connectivity index (χ1n) is 12.0. The summed E-state index contributed by atoms with van der Waals surface area (Å²) in [4.78, 5) is 21.2. The van der Waals surface area contributed by atoms with Gasteiger partial charge in [-0.1, -0.05) is 0 Å². The predicted octanol–water partition coefficient (Wildman–Crippen LogP) is 5.53. The molecule has 182 valence electrons. The summed E-state index contributed by atoms with van der Waals surface area (Å²) in [6.07, 6.45) is 6.05. The average Bonchev–Trinajstić information content (AvgIpc) is 3.64. The molecule has 0 unspecified atom stereocenters. The first-order chi connectivity index (χ1) is 17.7. The number of hydrogen-bond acceptors (Lipinski definition) is 7. The lowest BCUT2D eigenvalue weighted by molar-refractivity contribution is 0.262. The van der Waals surface area contributed by atoms with Crippen molar-refractivity contribution in [3.63, 3.8) is 0 Å². The number of carbonyl (C=O) groups is 1. The Morgan fingerprint density at radius 1 is 0.917 bits per heavy atom. The highest BCUT2D eigenvalue weighted by atomic mass is 16.5. The van der Waals surface area contributed by atoms with Crippen LogP contribution in [0.25, 0.3) is 0 Å². The van der Waals surface area contributed by atoms with Crippen LogP contribution in [0, 0.1) is 0 Å². The summed E-state index contributed by atoms with van der Waals surface area (Å²) in [5.74, 6) is 3.33. The lowest BCUT2D eigenvalue weighted by atomic mass is 10.1. The molecule has 2 amide bonds. The summed E-state index contributed by atoms with van der Waals surface area (Å²) in [6, 6.07) is 16.5. The average molecular weight is 483 g/mol. The Hall–Kier alpha value is -4.60. The van der Waals surface area contributed by atoms with Gasteiger partial charge in [-0.25, -0.2) is 9.78 Å². The van der Waals surface area contributed by atoms with E-state index < -0.39 is 0 Å². The van der Waals surface area contributed by atoms with E-state index in [2.05, 4.69) is 41.4 Å². The molecule has 1 saturated carbocycles. The lowest BCUT2D eigenvalue weighted by Crippen LogP contribution is -2.19. The number of aromatic amines is 1. The highest BCUT2D eigenvalue weighted by molar-refractivity contribution is 6.00. The van der Waals surface area contributed by atoms with Gasteiger partial charge in [0, 0.05) is 40.9 Å². The Balaban J connectivity index is 1.04. The van der Waals surface area contributed by atoms with Crippen molar-refractivity contribution in [1.29, 1.82) is 0 Å². The summed E-state index contributed by atoms with van der Waals surface area (Å²) in [6.45, 7) is 0.742. The molecule has 6 rings (SSSR count). The fourth-order valence-corrected chi connectivity index (χ4v) is 4.12. The maximum absolute atomic E-state index is 12.5. The smallest absolute Gasteiger partial charge is 0.323 e. The van der Waals surface area contributed by atoms with Crippen LogP contribution in [0.4, 0.5) is 39.4 Å². The maximum Gasteiger partial charge on any atom is 0.323 e. The summed E-state index contributed by atoms with van der Waals surface area (Å²) in [7, 11) is 0. The highest BCUT2D eigenvalue weighted by Gasteiger charge is 2.25. The Labute approximate surface area is 207 Å². The number of nitrogens with one attached hydrogen (secondary N) is 5. The third-order valence-electron chi connectivity index (χ3n) is 6.09. The zero-order valence-electron chi connectivity index (χ0n) is 19.5. The van der Waals surface area contributed by atoms with Crippen molar-refractivity contribution in [2.45, 2.75) is 31.6 Å². The van der Waals surface area contributed by atoms with Crippen molar-refractivity contribution >= 4 is 40.7 Å². The molecule has 5 N–H and O–H groups in total. The minimum Gasteiger partial charge on any atom is -0.493 e. The second kappa shape index (κ2) is 9.57. The number of anilines is 6. The van der Waals surface area contributed by atoms with Crippen LogP contribution in [-0.2, 0) is 6.42 Å². The number of urea groups is 1. The Morgan fingerprint density at radius 2 is 1.72 bits per heavy atom. The SMILES string of the molecule is O=C(Nc1ccc(Nc2nccc(Nc3cc(C4CC4)[nH]n3)n2)cc1)Nc1ccc2c(c1)CCCO2. The molecule has 2 aromatic carbocycles. The van der Waals surface area contributed by atoms with Gasteiger partial charge in [0.2, 0.25) is 5.95 Å². The number of ether oxygens (including phenoxy) is 1. The molecule has 1 aliphatic carbocycles. The topological polar surface area (TPSA) is 129 Å². The minimum absolute atomic E-state index is 0.308. The molecule has 3 heterocycles. The first-order valence-corrected chi connectivity index (χ1v) is 12.0. The van der Waals surface area contributed by atoms with Gasteiger partial charge in [-0.15, -0.1) is 0 Å². The minimum atomic E-state index is -0.308. The first kappa shape index (κ1) is 21.9. The molecule has 10 nitrogen and oxygen atoms in total. The number of hydrogen-bond donors (Lipinski definition) is 5. The molecule has 0 bridgehead atoms. The monoisotopic (exact) mass is 482 g/mol. The van der Waals surface area contributed by atoms with Crippen LogP contribution in [0.3, 0.4) is 0 Å². The van der Waals surface area contributed by atoms with Gasteiger partial charge in [0.15, 0.2) is 5.82 Å². The van der Waals surface area contributed by atoms with Gasteiger partial charge >= 0.3 is 6.03 Å². The van der Waals surface area contributed by atoms with E-state index in [0.717, 1.165) is 53.6 Å². The zero-order valence-corrected chi connectivity index (χ0v) is 19.5.